The van der Waals surface area contributed by atoms with Gasteiger partial charge < -0.3 is 14.2 Å². The van der Waals surface area contributed by atoms with Crippen LogP contribution in [0.4, 0.5) is 0 Å². The van der Waals surface area contributed by atoms with Crippen molar-refractivity contribution in [1.82, 2.24) is 9.55 Å². The second kappa shape index (κ2) is 6.37. The molecule has 6 heteroatoms. The molecule has 26 heavy (non-hydrogen) atoms. The standard InChI is InChI=1S/C20H20N2O4/c1-24-16-10-15-17(19(26-3)18(16)25-2)21-11-22(20(15)23)14-8-12-6-4-5-7-13(12)9-14/h4-7,10-11,14H,8-9H2,1-3H3. The fourth-order valence-corrected chi connectivity index (χ4v) is 3.74. The first-order valence-electron chi connectivity index (χ1n) is 8.44. The van der Waals surface area contributed by atoms with E-state index in [0.29, 0.717) is 28.2 Å². The van der Waals surface area contributed by atoms with Crippen LogP contribution in [0.5, 0.6) is 17.2 Å². The summed E-state index contributed by atoms with van der Waals surface area (Å²) in [7, 11) is 4.59. The number of fused-ring (bicyclic) bond motifs is 2. The predicted octanol–water partition coefficient (Wildman–Crippen LogP) is 2.76. The Hall–Kier alpha value is -3.02. The van der Waals surface area contributed by atoms with Crippen LogP contribution in [-0.2, 0) is 12.8 Å². The molecule has 2 aromatic carbocycles. The molecule has 0 unspecified atom stereocenters. The third-order valence-electron chi connectivity index (χ3n) is 5.00. The number of hydrogen-bond acceptors (Lipinski definition) is 5. The summed E-state index contributed by atoms with van der Waals surface area (Å²) in [4.78, 5) is 17.7. The van der Waals surface area contributed by atoms with E-state index in [1.165, 1.54) is 32.5 Å². The van der Waals surface area contributed by atoms with E-state index in [2.05, 4.69) is 17.1 Å². The number of nitrogens with zero attached hydrogens (tertiary/aromatic N) is 2. The molecule has 0 saturated heterocycles. The Balaban J connectivity index is 1.87. The lowest BCUT2D eigenvalue weighted by molar-refractivity contribution is 0.326. The zero-order valence-corrected chi connectivity index (χ0v) is 15.0. The average molecular weight is 352 g/mol. The second-order valence-corrected chi connectivity index (χ2v) is 6.33. The molecule has 0 spiro atoms. The molecular weight excluding hydrogens is 332 g/mol. The van der Waals surface area contributed by atoms with Crippen molar-refractivity contribution in [2.75, 3.05) is 21.3 Å². The van der Waals surface area contributed by atoms with Gasteiger partial charge in [-0.2, -0.15) is 0 Å². The maximum absolute atomic E-state index is 13.2. The molecule has 134 valence electrons. The van der Waals surface area contributed by atoms with Gasteiger partial charge in [-0.05, 0) is 30.0 Å². The van der Waals surface area contributed by atoms with Gasteiger partial charge in [0.15, 0.2) is 11.5 Å². The van der Waals surface area contributed by atoms with Crippen molar-refractivity contribution in [3.8, 4) is 17.2 Å². The van der Waals surface area contributed by atoms with Gasteiger partial charge >= 0.3 is 0 Å². The van der Waals surface area contributed by atoms with Crippen LogP contribution in [0.25, 0.3) is 10.9 Å². The fraction of sp³-hybridized carbons (Fsp3) is 0.300. The van der Waals surface area contributed by atoms with E-state index in [4.69, 9.17) is 14.2 Å². The molecule has 0 fully saturated rings. The first-order chi connectivity index (χ1) is 12.7. The van der Waals surface area contributed by atoms with Gasteiger partial charge in [0.2, 0.25) is 5.75 Å². The summed E-state index contributed by atoms with van der Waals surface area (Å²) in [6.07, 6.45) is 3.26. The fourth-order valence-electron chi connectivity index (χ4n) is 3.74. The molecule has 6 nitrogen and oxygen atoms in total. The van der Waals surface area contributed by atoms with Gasteiger partial charge in [-0.1, -0.05) is 24.3 Å². The Labute approximate surface area is 151 Å². The molecule has 4 rings (SSSR count). The summed E-state index contributed by atoms with van der Waals surface area (Å²) >= 11 is 0. The summed E-state index contributed by atoms with van der Waals surface area (Å²) < 4.78 is 17.9. The average Bonchev–Trinajstić information content (AvgIpc) is 3.10. The second-order valence-electron chi connectivity index (χ2n) is 6.33. The molecule has 0 amide bonds. The van der Waals surface area contributed by atoms with Gasteiger partial charge in [-0.3, -0.25) is 9.36 Å². The molecule has 1 aliphatic carbocycles. The molecule has 1 aromatic heterocycles. The highest BCUT2D eigenvalue weighted by Gasteiger charge is 2.25. The monoisotopic (exact) mass is 352 g/mol. The highest BCUT2D eigenvalue weighted by Crippen LogP contribution is 2.41. The quantitative estimate of drug-likeness (QED) is 0.722. The molecule has 0 atom stereocenters. The number of aromatic nitrogens is 2. The molecule has 0 radical (unpaired) electrons. The highest BCUT2D eigenvalue weighted by molar-refractivity contribution is 5.89. The van der Waals surface area contributed by atoms with Crippen LogP contribution in [0.2, 0.25) is 0 Å². The SMILES string of the molecule is COc1cc2c(=O)n(C3Cc4ccccc4C3)cnc2c(OC)c1OC. The summed E-state index contributed by atoms with van der Waals surface area (Å²) in [5.74, 6) is 1.28. The minimum absolute atomic E-state index is 0.0656. The number of hydrogen-bond donors (Lipinski definition) is 0. The third-order valence-corrected chi connectivity index (χ3v) is 5.00. The molecule has 0 bridgehead atoms. The number of ether oxygens (including phenoxy) is 3. The highest BCUT2D eigenvalue weighted by atomic mass is 16.5. The van der Waals surface area contributed by atoms with E-state index in [0.717, 1.165) is 12.8 Å². The van der Waals surface area contributed by atoms with Crippen molar-refractivity contribution >= 4 is 10.9 Å². The largest absolute Gasteiger partial charge is 0.493 e. The minimum Gasteiger partial charge on any atom is -0.493 e. The van der Waals surface area contributed by atoms with Gasteiger partial charge in [0, 0.05) is 6.04 Å². The molecule has 0 N–H and O–H groups in total. The first kappa shape index (κ1) is 16.4. The van der Waals surface area contributed by atoms with E-state index in [1.54, 1.807) is 17.0 Å². The molecule has 0 saturated carbocycles. The van der Waals surface area contributed by atoms with Gasteiger partial charge in [-0.25, -0.2) is 4.98 Å². The molecule has 1 aliphatic rings. The smallest absolute Gasteiger partial charge is 0.261 e. The van der Waals surface area contributed by atoms with Crippen LogP contribution >= 0.6 is 0 Å². The van der Waals surface area contributed by atoms with Crippen molar-refractivity contribution in [2.45, 2.75) is 18.9 Å². The van der Waals surface area contributed by atoms with Crippen LogP contribution in [0, 0.1) is 0 Å². The van der Waals surface area contributed by atoms with Crippen molar-refractivity contribution in [3.05, 3.63) is 58.1 Å². The summed E-state index contributed by atoms with van der Waals surface area (Å²) in [5, 5.41) is 0.456. The van der Waals surface area contributed by atoms with Crippen LogP contribution in [0.15, 0.2) is 41.5 Å². The number of benzene rings is 2. The van der Waals surface area contributed by atoms with Crippen molar-refractivity contribution in [1.29, 1.82) is 0 Å². The topological polar surface area (TPSA) is 62.6 Å². The Morgan fingerprint density at radius 1 is 1.00 bits per heavy atom. The maximum atomic E-state index is 13.2. The van der Waals surface area contributed by atoms with Gasteiger partial charge in [0.25, 0.3) is 5.56 Å². The lowest BCUT2D eigenvalue weighted by Crippen LogP contribution is -2.26. The summed E-state index contributed by atoms with van der Waals surface area (Å²) in [5.41, 5.74) is 2.94. The van der Waals surface area contributed by atoms with Crippen molar-refractivity contribution in [2.24, 2.45) is 0 Å². The minimum atomic E-state index is -0.105. The van der Waals surface area contributed by atoms with E-state index >= 15 is 0 Å². The van der Waals surface area contributed by atoms with E-state index in [1.807, 2.05) is 12.1 Å². The summed E-state index contributed by atoms with van der Waals surface area (Å²) in [6.45, 7) is 0. The number of methoxy groups -OCH3 is 3. The molecule has 1 heterocycles. The maximum Gasteiger partial charge on any atom is 0.261 e. The Bertz CT molecular complexity index is 1020. The van der Waals surface area contributed by atoms with Gasteiger partial charge in [0.1, 0.15) is 5.52 Å². The zero-order chi connectivity index (χ0) is 18.3. The lowest BCUT2D eigenvalue weighted by Gasteiger charge is -2.17. The van der Waals surface area contributed by atoms with Crippen molar-refractivity contribution in [3.63, 3.8) is 0 Å². The van der Waals surface area contributed by atoms with Crippen LogP contribution in [0.1, 0.15) is 17.2 Å². The van der Waals surface area contributed by atoms with Crippen LogP contribution < -0.4 is 19.8 Å². The Morgan fingerprint density at radius 2 is 1.65 bits per heavy atom. The summed E-state index contributed by atoms with van der Waals surface area (Å²) in [6, 6.07) is 10.0. The number of rotatable bonds is 4. The Kier molecular flexibility index (Phi) is 4.03. The van der Waals surface area contributed by atoms with Crippen LogP contribution in [0.3, 0.4) is 0 Å². The van der Waals surface area contributed by atoms with Crippen LogP contribution in [-0.4, -0.2) is 30.9 Å². The van der Waals surface area contributed by atoms with E-state index in [9.17, 15) is 4.79 Å². The zero-order valence-electron chi connectivity index (χ0n) is 15.0. The third kappa shape index (κ3) is 2.41. The van der Waals surface area contributed by atoms with E-state index < -0.39 is 0 Å². The van der Waals surface area contributed by atoms with E-state index in [-0.39, 0.29) is 11.6 Å². The molecule has 3 aromatic rings. The molecule has 0 aliphatic heterocycles. The van der Waals surface area contributed by atoms with Gasteiger partial charge in [-0.15, -0.1) is 0 Å². The Morgan fingerprint density at radius 3 is 2.23 bits per heavy atom. The van der Waals surface area contributed by atoms with Gasteiger partial charge in [0.05, 0.1) is 33.0 Å². The lowest BCUT2D eigenvalue weighted by atomic mass is 10.1. The first-order valence-corrected chi connectivity index (χ1v) is 8.44. The van der Waals surface area contributed by atoms with Crippen molar-refractivity contribution < 1.29 is 14.2 Å². The predicted molar refractivity (Wildman–Crippen MR) is 98.5 cm³/mol. The molecular formula is C20H20N2O4. The normalized spacial score (nSPS) is 13.7.